The first kappa shape index (κ1) is 121. The SMILES string of the molecule is C=CC(C)(C/C=C(\C)C(=O)O[C@H]1[C@H](O)[C@@H](O)[C@H](O[C@@](C)(C=C)CC/C=C(\CO)C(=O)OC2CC3(C(=O)O[C@@H]4O[C@H](CO)[C@@H](O)[C@H](O)[C@H]4O[C@@H]4O[C@@H](C)[C@H](O[C@@H]5O[C@@H](CO)[C@H](O)[C@H]5O)[C@@H](O[C@@H]5O[C@H](CO)[C@@H](O)[C@H](O)[C@H]5O)[C@H]4O)C(CC2(C)C)C2=CCC4C5(C)CCC(O[C@@H]6O[C@H](CO[C@@H]7O[C@H](C)[C@H](O)[C@H](O)[C@H]7O[C@@H]7OC[C@@H](O)[C@H](O)[C@H]7O)[C@@H](O)[C@H](O)[C@H]6O)C(C)(C)C5CCC4(C)[C@]2(C)C[C@H]3O)O[C@@H]1C)O[C@@H]1O[C@H](C)[C@@H](O)[C@H](O)[C@H]1O. The minimum absolute atomic E-state index is 0.0175. The van der Waals surface area contributed by atoms with Gasteiger partial charge in [0.25, 0.3) is 0 Å². The van der Waals surface area contributed by atoms with Crippen molar-refractivity contribution in [3.8, 4) is 0 Å². The molecule has 858 valence electrons. The second kappa shape index (κ2) is 47.4. The maximum absolute atomic E-state index is 16.9. The Morgan fingerprint density at radius 2 is 0.900 bits per heavy atom. The normalized spacial score (nSPS) is 49.7. The van der Waals surface area contributed by atoms with Crippen molar-refractivity contribution in [2.75, 3.05) is 39.6 Å². The van der Waals surface area contributed by atoms with E-state index in [1.165, 1.54) is 58.9 Å². The Kier molecular flexibility index (Phi) is 38.1. The van der Waals surface area contributed by atoms with Crippen LogP contribution in [0.4, 0.5) is 0 Å². The van der Waals surface area contributed by atoms with Gasteiger partial charge in [-0.1, -0.05) is 84.4 Å². The smallest absolute Gasteiger partial charge is 0.336 e. The molecule has 0 radical (unpaired) electrons. The molecule has 49 heteroatoms. The molecule has 0 aromatic heterocycles. The molecule has 49 nitrogen and oxygen atoms in total. The minimum Gasteiger partial charge on any atom is -0.458 e. The zero-order valence-electron chi connectivity index (χ0n) is 86.6. The molecule has 9 unspecified atom stereocenters. The van der Waals surface area contributed by atoms with Gasteiger partial charge in [0.15, 0.2) is 62.5 Å². The lowest BCUT2D eigenvalue weighted by molar-refractivity contribution is -0.390. The second-order valence-electron chi connectivity index (χ2n) is 45.8. The van der Waals surface area contributed by atoms with Gasteiger partial charge >= 0.3 is 17.9 Å². The van der Waals surface area contributed by atoms with E-state index >= 15 is 9.59 Å². The van der Waals surface area contributed by atoms with Crippen molar-refractivity contribution in [2.24, 2.45) is 50.2 Å². The third kappa shape index (κ3) is 23.0. The van der Waals surface area contributed by atoms with E-state index in [9.17, 15) is 138 Å². The van der Waals surface area contributed by atoms with Crippen LogP contribution in [0.25, 0.3) is 0 Å². The number of esters is 3. The van der Waals surface area contributed by atoms with E-state index in [0.29, 0.717) is 37.7 Å². The van der Waals surface area contributed by atoms with Crippen LogP contribution < -0.4 is 0 Å². The summed E-state index contributed by atoms with van der Waals surface area (Å²) in [7, 11) is 0. The molecular weight excluding hydrogens is 2000 g/mol. The highest BCUT2D eigenvalue weighted by molar-refractivity contribution is 5.89. The summed E-state index contributed by atoms with van der Waals surface area (Å²) in [5.41, 5.74) is -8.99. The first-order chi connectivity index (χ1) is 70.2. The maximum Gasteiger partial charge on any atom is 0.336 e. The summed E-state index contributed by atoms with van der Waals surface area (Å²) in [6.07, 6.45) is -69.9. The van der Waals surface area contributed by atoms with Gasteiger partial charge in [-0.25, -0.2) is 9.59 Å². The van der Waals surface area contributed by atoms with Crippen LogP contribution in [0.15, 0.2) is 60.3 Å². The molecule has 26 N–H and O–H groups in total. The molecule has 5 aliphatic carbocycles. The zero-order chi connectivity index (χ0) is 110. The second-order valence-corrected chi connectivity index (χ2v) is 45.8. The highest BCUT2D eigenvalue weighted by Crippen LogP contribution is 2.77. The molecule has 14 rings (SSSR count). The van der Waals surface area contributed by atoms with Crippen molar-refractivity contribution in [2.45, 2.75) is 461 Å². The van der Waals surface area contributed by atoms with Gasteiger partial charge in [-0.2, -0.15) is 0 Å². The van der Waals surface area contributed by atoms with Crippen LogP contribution in [0.5, 0.6) is 0 Å². The fourth-order valence-corrected chi connectivity index (χ4v) is 25.4. The Morgan fingerprint density at radius 1 is 0.433 bits per heavy atom. The molecule has 150 heavy (non-hydrogen) atoms. The van der Waals surface area contributed by atoms with Gasteiger partial charge in [-0.15, -0.1) is 13.2 Å². The molecule has 9 heterocycles. The van der Waals surface area contributed by atoms with Crippen LogP contribution in [-0.2, 0) is 109 Å². The number of allylic oxidation sites excluding steroid dienone is 3. The summed E-state index contributed by atoms with van der Waals surface area (Å²) in [5.74, 6) is -4.77. The Bertz CT molecular complexity index is 4650. The largest absolute Gasteiger partial charge is 0.458 e. The van der Waals surface area contributed by atoms with E-state index in [0.717, 1.165) is 0 Å². The van der Waals surface area contributed by atoms with E-state index in [4.69, 9.17) is 94.7 Å². The van der Waals surface area contributed by atoms with Crippen LogP contribution in [0.1, 0.15) is 168 Å². The van der Waals surface area contributed by atoms with Crippen molar-refractivity contribution in [1.29, 1.82) is 0 Å². The molecular formula is C101H160O49. The molecule has 9 aliphatic heterocycles. The van der Waals surface area contributed by atoms with Crippen molar-refractivity contribution < 1.29 is 242 Å². The van der Waals surface area contributed by atoms with Gasteiger partial charge in [-0.05, 0) is 152 Å². The molecule has 0 amide bonds. The van der Waals surface area contributed by atoms with Crippen molar-refractivity contribution in [1.82, 2.24) is 0 Å². The molecule has 13 fully saturated rings. The van der Waals surface area contributed by atoms with E-state index in [1.54, 1.807) is 27.7 Å². The first-order valence-corrected chi connectivity index (χ1v) is 51.7. The topological polar surface area (TPSA) is 762 Å². The highest BCUT2D eigenvalue weighted by Gasteiger charge is 2.75. The number of ether oxygens (including phenoxy) is 20. The van der Waals surface area contributed by atoms with Gasteiger partial charge in [0.1, 0.15) is 182 Å². The Hall–Kier alpha value is -4.61. The van der Waals surface area contributed by atoms with Crippen LogP contribution in [0, 0.1) is 50.2 Å². The highest BCUT2D eigenvalue weighted by atomic mass is 16.8. The van der Waals surface area contributed by atoms with Gasteiger partial charge in [-0.3, -0.25) is 4.79 Å². The number of carbonyl (C=O) groups is 3. The van der Waals surface area contributed by atoms with Crippen molar-refractivity contribution in [3.05, 3.63) is 60.3 Å². The van der Waals surface area contributed by atoms with Crippen LogP contribution in [0.3, 0.4) is 0 Å². The minimum atomic E-state index is -2.30. The molecule has 0 bridgehead atoms. The van der Waals surface area contributed by atoms with Gasteiger partial charge in [0, 0.05) is 17.4 Å². The van der Waals surface area contributed by atoms with Gasteiger partial charge < -0.3 is 228 Å². The van der Waals surface area contributed by atoms with Crippen molar-refractivity contribution in [3.63, 3.8) is 0 Å². The third-order valence-corrected chi connectivity index (χ3v) is 35.4. The zero-order valence-corrected chi connectivity index (χ0v) is 86.6. The first-order valence-electron chi connectivity index (χ1n) is 51.7. The maximum atomic E-state index is 16.9. The summed E-state index contributed by atoms with van der Waals surface area (Å²) < 4.78 is 122. The number of carbonyl (C=O) groups excluding carboxylic acids is 3. The summed E-state index contributed by atoms with van der Waals surface area (Å²) in [4.78, 5) is 45.7. The van der Waals surface area contributed by atoms with E-state index < -0.39 is 396 Å². The average Bonchev–Trinajstić information content (AvgIpc) is 0.688. The van der Waals surface area contributed by atoms with Gasteiger partial charge in [0.2, 0.25) is 6.29 Å². The number of hydrogen-bond donors (Lipinski definition) is 26. The molecule has 4 saturated carbocycles. The molecule has 0 aromatic carbocycles. The standard InChI is InChI=1S/C101H160O49/c1-17-96(12,149-90-75(126)69(120)77(42(6)136-90)143-82(128)39(3)23-27-97(13,18-2)150-89-74(125)64(115)57(108)40(4)133-89)26-19-20-44(33-102)83(129)141-56-32-101(93(130)148-92-81(68(119)61(112)49(35-104)139-92)147-88-76(127)79(145-87-73(124)65(116)60(111)48(34-103)137-87)78(43(7)135-88)144-86-71(122)62(113)50(36-105)138-86)46(30-94(56,8)9)45-21-22-53-98(14)28-25-55(95(10,11)52(98)24-29-99(53,15)100(45,16)31-54(101)107)142-85-72(123)66(117)63(114)51(140-85)38-132-91-80(67(118)58(109)41(5)134-91)146-84-70(121)59(110)47(106)37-131-84/h17-18,20-21,23,40-43,46-81,84-92,102-127H,1-2,19,22,24-38H2,3-16H3/b39-23+,44-20+/t40-,41-,42-,43+,46?,47-,48-,49-,50+,51-,52?,53?,54-,55?,56?,57-,58+,59+,60-,61-,62+,63-,64+,65+,66+,67+,68+,69-,70-,71-,72-,73-,74-,75-,76-,77-,78+,79+,80-,81-,84+,85+,86+,87+,88+,89+,90+,91-,92+,96+,97?,98?,99?,100-,101?/m1/s1. The number of aliphatic hydroxyl groups is 26. The lowest BCUT2D eigenvalue weighted by atomic mass is 9.33. The van der Waals surface area contributed by atoms with Crippen LogP contribution in [-0.4, -0.2) is 484 Å². The third-order valence-electron chi connectivity index (χ3n) is 35.4. The fourth-order valence-electron chi connectivity index (χ4n) is 25.4. The molecule has 14 aliphatic rings. The number of hydrogen-bond acceptors (Lipinski definition) is 49. The summed E-state index contributed by atoms with van der Waals surface area (Å²) in [6.45, 7) is 27.2. The number of fused-ring (bicyclic) bond motifs is 7. The van der Waals surface area contributed by atoms with Gasteiger partial charge in [0.05, 0.1) is 93.0 Å². The lowest BCUT2D eigenvalue weighted by Crippen LogP contribution is -2.70. The number of rotatable bonds is 34. The predicted octanol–water partition coefficient (Wildman–Crippen LogP) is -6.57. The predicted molar refractivity (Wildman–Crippen MR) is 503 cm³/mol. The molecule has 55 atom stereocenters. The Balaban J connectivity index is 0.721. The molecule has 9 saturated heterocycles. The van der Waals surface area contributed by atoms with Crippen LogP contribution in [0.2, 0.25) is 0 Å². The molecule has 0 aromatic rings. The van der Waals surface area contributed by atoms with E-state index in [1.807, 2.05) is 20.8 Å². The Labute approximate surface area is 867 Å². The number of aliphatic hydroxyl groups excluding tert-OH is 26. The fraction of sp³-hybridized carbons (Fsp3) is 0.871. The summed E-state index contributed by atoms with van der Waals surface area (Å²) in [5, 5.41) is 291. The van der Waals surface area contributed by atoms with E-state index in [2.05, 4.69) is 33.1 Å². The average molecular weight is 2160 g/mol. The summed E-state index contributed by atoms with van der Waals surface area (Å²) in [6, 6.07) is 0. The quantitative estimate of drug-likeness (QED) is 0.00936. The Morgan fingerprint density at radius 3 is 1.51 bits per heavy atom. The van der Waals surface area contributed by atoms with E-state index in [-0.39, 0.29) is 55.1 Å². The monoisotopic (exact) mass is 2160 g/mol. The van der Waals surface area contributed by atoms with Crippen molar-refractivity contribution >= 4 is 17.9 Å². The molecule has 0 spiro atoms. The lowest BCUT2D eigenvalue weighted by Gasteiger charge is -2.72. The van der Waals surface area contributed by atoms with Crippen LogP contribution >= 0.6 is 0 Å². The summed E-state index contributed by atoms with van der Waals surface area (Å²) >= 11 is 0.